The van der Waals surface area contributed by atoms with Crippen molar-refractivity contribution in [1.82, 2.24) is 0 Å². The third kappa shape index (κ3) is 6.52. The first-order valence-electron chi connectivity index (χ1n) is 8.19. The molecule has 13 nitrogen and oxygen atoms in total. The molecule has 2 aromatic rings. The minimum atomic E-state index is -4.70. The molecule has 164 valence electrons. The summed E-state index contributed by atoms with van der Waals surface area (Å²) in [4.78, 5) is 15.9. The van der Waals surface area contributed by atoms with E-state index < -0.39 is 35.8 Å². The molecule has 0 fully saturated rings. The zero-order chi connectivity index (χ0) is 23.9. The second-order valence-electron chi connectivity index (χ2n) is 5.84. The highest BCUT2D eigenvalue weighted by Crippen LogP contribution is 2.25. The Bertz CT molecular complexity index is 1340. The van der Waals surface area contributed by atoms with Crippen LogP contribution in [0.5, 0.6) is 0 Å². The van der Waals surface area contributed by atoms with Gasteiger partial charge in [-0.05, 0) is 58.6 Å². The predicted octanol–water partition coefficient (Wildman–Crippen LogP) is 4.36. The zero-order valence-electron chi connectivity index (χ0n) is 15.7. The summed E-state index contributed by atoms with van der Waals surface area (Å²) in [6.45, 7) is 0. The molecule has 0 heterocycles. The lowest BCUT2D eigenvalue weighted by molar-refractivity contribution is -0.110. The fourth-order valence-electron chi connectivity index (χ4n) is 2.40. The van der Waals surface area contributed by atoms with Crippen molar-refractivity contribution in [3.05, 3.63) is 80.6 Å². The van der Waals surface area contributed by atoms with Crippen molar-refractivity contribution in [3.8, 4) is 0 Å². The Labute approximate surface area is 181 Å². The molecule has 0 atom stereocenters. The van der Waals surface area contributed by atoms with Gasteiger partial charge in [0.15, 0.2) is 5.78 Å². The lowest BCUT2D eigenvalue weighted by Gasteiger charge is -2.04. The van der Waals surface area contributed by atoms with E-state index in [1.54, 1.807) is 0 Å². The number of carbonyl (C=O) groups excluding carboxylic acids is 1. The van der Waals surface area contributed by atoms with Gasteiger partial charge in [-0.2, -0.15) is 16.8 Å². The van der Waals surface area contributed by atoms with Crippen molar-refractivity contribution < 1.29 is 30.7 Å². The van der Waals surface area contributed by atoms with E-state index in [0.717, 1.165) is 36.4 Å². The van der Waals surface area contributed by atoms with Crippen LogP contribution in [0.1, 0.15) is 11.1 Å². The number of ketones is 1. The van der Waals surface area contributed by atoms with Crippen LogP contribution in [0.25, 0.3) is 33.0 Å². The number of azide groups is 2. The third-order valence-electron chi connectivity index (χ3n) is 3.72. The van der Waals surface area contributed by atoms with E-state index in [4.69, 9.17) is 11.1 Å². The smallest absolute Gasteiger partial charge is 0.290 e. The summed E-state index contributed by atoms with van der Waals surface area (Å²) in [5.41, 5.74) is 16.5. The van der Waals surface area contributed by atoms with Gasteiger partial charge < -0.3 is 0 Å². The molecule has 0 aliphatic rings. The van der Waals surface area contributed by atoms with Crippen LogP contribution in [0.15, 0.2) is 68.6 Å². The van der Waals surface area contributed by atoms with E-state index in [2.05, 4.69) is 20.1 Å². The van der Waals surface area contributed by atoms with E-state index in [1.165, 1.54) is 24.3 Å². The highest BCUT2D eigenvalue weighted by Gasteiger charge is 2.16. The van der Waals surface area contributed by atoms with Crippen molar-refractivity contribution in [2.24, 2.45) is 10.2 Å². The normalized spacial score (nSPS) is 11.8. The summed E-state index contributed by atoms with van der Waals surface area (Å²) in [7, 11) is -9.40. The molecular weight excluding hydrogens is 464 g/mol. The topological polar surface area (TPSA) is 223 Å². The van der Waals surface area contributed by atoms with Gasteiger partial charge in [-0.1, -0.05) is 34.5 Å². The summed E-state index contributed by atoms with van der Waals surface area (Å²) in [5.74, 6) is -0.703. The molecule has 2 rings (SSSR count). The van der Waals surface area contributed by atoms with Crippen LogP contribution in [0, 0.1) is 0 Å². The molecule has 0 saturated heterocycles. The van der Waals surface area contributed by atoms with Gasteiger partial charge >= 0.3 is 0 Å². The molecule has 2 aromatic carbocycles. The number of allylic oxidation sites excluding steroid dienone is 2. The molecule has 0 radical (unpaired) electrons. The maximum atomic E-state index is 12.1. The van der Waals surface area contributed by atoms with Gasteiger partial charge in [-0.25, -0.2) is 0 Å². The summed E-state index contributed by atoms with van der Waals surface area (Å²) >= 11 is 0. The van der Waals surface area contributed by atoms with Gasteiger partial charge in [0.1, 0.15) is 9.79 Å². The predicted molar refractivity (Wildman–Crippen MR) is 113 cm³/mol. The highest BCUT2D eigenvalue weighted by atomic mass is 32.2. The van der Waals surface area contributed by atoms with Gasteiger partial charge in [0.05, 0.1) is 0 Å². The molecule has 0 spiro atoms. The van der Waals surface area contributed by atoms with Gasteiger partial charge in [0.25, 0.3) is 20.2 Å². The van der Waals surface area contributed by atoms with Crippen molar-refractivity contribution in [2.75, 3.05) is 0 Å². The molecule has 0 unspecified atom stereocenters. The fourth-order valence-corrected chi connectivity index (χ4v) is 3.80. The summed E-state index contributed by atoms with van der Waals surface area (Å²) in [5, 5.41) is 6.47. The number of nitrogens with zero attached hydrogens (tertiary/aromatic N) is 6. The number of benzene rings is 2. The lowest BCUT2D eigenvalue weighted by atomic mass is 10.1. The van der Waals surface area contributed by atoms with Gasteiger partial charge in [-0.15, -0.1) is 0 Å². The van der Waals surface area contributed by atoms with Gasteiger partial charge in [-0.3, -0.25) is 13.9 Å². The lowest BCUT2D eigenvalue weighted by Crippen LogP contribution is -2.01. The van der Waals surface area contributed by atoms with Crippen LogP contribution >= 0.6 is 0 Å². The Balaban J connectivity index is 2.38. The first kappa shape index (κ1) is 24.3. The Kier molecular flexibility index (Phi) is 7.51. The molecule has 32 heavy (non-hydrogen) atoms. The first-order chi connectivity index (χ1) is 15.0. The maximum absolute atomic E-state index is 12.1. The average molecular weight is 476 g/mol. The Hall–Kier alpha value is -3.97. The van der Waals surface area contributed by atoms with Crippen molar-refractivity contribution in [1.29, 1.82) is 0 Å². The molecule has 0 bridgehead atoms. The molecule has 15 heteroatoms. The van der Waals surface area contributed by atoms with Crippen LogP contribution in [0.4, 0.5) is 11.4 Å². The molecule has 0 saturated carbocycles. The summed E-state index contributed by atoms with van der Waals surface area (Å²) in [6.07, 6.45) is 4.03. The monoisotopic (exact) mass is 476 g/mol. The highest BCUT2D eigenvalue weighted by molar-refractivity contribution is 7.86. The van der Waals surface area contributed by atoms with E-state index in [9.17, 15) is 30.7 Å². The Morgan fingerprint density at radius 1 is 0.781 bits per heavy atom. The number of hydrogen-bond donors (Lipinski definition) is 2. The Morgan fingerprint density at radius 3 is 1.47 bits per heavy atom. The SMILES string of the molecule is [N-]=[N+]=Nc1ccc(/C=C/C(=O)/C=C/c2ccc(N=[N+]=[N-])cc2S(=O)(=O)O)c(S(=O)(=O)O)c1. The fraction of sp³-hybridized carbons (Fsp3) is 0. The summed E-state index contributed by atoms with van der Waals surface area (Å²) < 4.78 is 64.9. The quantitative estimate of drug-likeness (QED) is 0.184. The Morgan fingerprint density at radius 2 is 1.16 bits per heavy atom. The first-order valence-corrected chi connectivity index (χ1v) is 11.1. The minimum absolute atomic E-state index is 0.0783. The van der Waals surface area contributed by atoms with E-state index >= 15 is 0 Å². The van der Waals surface area contributed by atoms with Gasteiger partial charge in [0.2, 0.25) is 0 Å². The standard InChI is InChI=1S/C17H12N6O7S2/c18-22-20-13-5-1-11(16(9-13)31(25,26)27)3-7-15(24)8-4-12-2-6-14(21-23-19)10-17(12)32(28,29)30/h1-10H,(H,25,26,27)(H,28,29,30)/b7-3+,8-4+. The third-order valence-corrected chi connectivity index (χ3v) is 5.54. The van der Waals surface area contributed by atoms with Crippen molar-refractivity contribution in [2.45, 2.75) is 9.79 Å². The second-order valence-corrected chi connectivity index (χ2v) is 8.62. The molecular formula is C17H12N6O7S2. The second kappa shape index (κ2) is 9.89. The largest absolute Gasteiger partial charge is 0.295 e. The zero-order valence-corrected chi connectivity index (χ0v) is 17.3. The minimum Gasteiger partial charge on any atom is -0.290 e. The number of rotatable bonds is 8. The van der Waals surface area contributed by atoms with Crippen LogP contribution in [-0.4, -0.2) is 31.7 Å². The van der Waals surface area contributed by atoms with Crippen LogP contribution in [0.2, 0.25) is 0 Å². The average Bonchev–Trinajstić information content (AvgIpc) is 2.71. The number of carbonyl (C=O) groups is 1. The van der Waals surface area contributed by atoms with Crippen molar-refractivity contribution in [3.63, 3.8) is 0 Å². The van der Waals surface area contributed by atoms with E-state index in [0.29, 0.717) is 0 Å². The van der Waals surface area contributed by atoms with E-state index in [-0.39, 0.29) is 22.5 Å². The maximum Gasteiger partial charge on any atom is 0.295 e. The molecule has 0 aliphatic carbocycles. The molecule has 0 amide bonds. The molecule has 0 aliphatic heterocycles. The van der Waals surface area contributed by atoms with Crippen molar-refractivity contribution >= 4 is 49.5 Å². The molecule has 2 N–H and O–H groups in total. The van der Waals surface area contributed by atoms with Crippen LogP contribution < -0.4 is 0 Å². The van der Waals surface area contributed by atoms with Crippen LogP contribution in [0.3, 0.4) is 0 Å². The molecule has 0 aromatic heterocycles. The summed E-state index contributed by atoms with van der Waals surface area (Å²) in [6, 6.07) is 6.75. The van der Waals surface area contributed by atoms with Crippen LogP contribution in [-0.2, 0) is 25.0 Å². The number of hydrogen-bond acceptors (Lipinski definition) is 7. The van der Waals surface area contributed by atoms with E-state index in [1.807, 2.05) is 0 Å². The van der Waals surface area contributed by atoms with Gasteiger partial charge in [0, 0.05) is 21.2 Å².